The Morgan fingerprint density at radius 1 is 1.32 bits per heavy atom. The summed E-state index contributed by atoms with van der Waals surface area (Å²) in [5.41, 5.74) is -0.568. The van der Waals surface area contributed by atoms with Gasteiger partial charge < -0.3 is 9.64 Å². The zero-order valence-corrected chi connectivity index (χ0v) is 17.5. The fraction of sp³-hybridized carbons (Fsp3) is 0.650. The minimum atomic E-state index is -2.59. The van der Waals surface area contributed by atoms with Crippen LogP contribution in [0.2, 0.25) is 5.15 Å². The standard InChI is InChI=1S/C20H22ClF4N5O/c21-17-15(25)16-13(7-26-17)18(30(9-14(23)24)12-2-3-12)28-19(27-16)31-10-20-4-1-5-29(20)8-11(22)6-20/h7,11-12,14H,1-6,8-10H2/t11-,20+/m1/s1. The van der Waals surface area contributed by atoms with E-state index in [1.54, 1.807) is 0 Å². The third-order valence-electron chi connectivity index (χ3n) is 6.43. The summed E-state index contributed by atoms with van der Waals surface area (Å²) in [6.45, 7) is 0.777. The van der Waals surface area contributed by atoms with Gasteiger partial charge in [-0.3, -0.25) is 4.90 Å². The molecule has 168 valence electrons. The number of alkyl halides is 3. The number of hydrogen-bond donors (Lipinski definition) is 0. The SMILES string of the molecule is Fc1c(Cl)ncc2c(N(CC(F)F)C3CC3)nc(OC[C@@]34CCCN3C[C@H](F)C4)nc12. The van der Waals surface area contributed by atoms with Gasteiger partial charge in [0, 0.05) is 25.2 Å². The molecule has 2 aromatic heterocycles. The highest BCUT2D eigenvalue weighted by atomic mass is 35.5. The first-order valence-electron chi connectivity index (χ1n) is 10.4. The van der Waals surface area contributed by atoms with E-state index in [1.807, 2.05) is 0 Å². The van der Waals surface area contributed by atoms with Gasteiger partial charge in [0.1, 0.15) is 24.1 Å². The number of hydrogen-bond acceptors (Lipinski definition) is 6. The molecule has 0 N–H and O–H groups in total. The predicted octanol–water partition coefficient (Wildman–Crippen LogP) is 4.01. The van der Waals surface area contributed by atoms with E-state index in [-0.39, 0.29) is 40.5 Å². The van der Waals surface area contributed by atoms with Crippen molar-refractivity contribution in [2.75, 3.05) is 31.1 Å². The van der Waals surface area contributed by atoms with E-state index >= 15 is 0 Å². The maximum absolute atomic E-state index is 14.7. The summed E-state index contributed by atoms with van der Waals surface area (Å²) in [5, 5.41) is -0.168. The number of aromatic nitrogens is 3. The van der Waals surface area contributed by atoms with Crippen LogP contribution in [0.1, 0.15) is 32.1 Å². The Kier molecular flexibility index (Phi) is 5.32. The molecule has 2 saturated heterocycles. The Morgan fingerprint density at radius 3 is 2.87 bits per heavy atom. The smallest absolute Gasteiger partial charge is 0.319 e. The van der Waals surface area contributed by atoms with E-state index in [2.05, 4.69) is 19.9 Å². The molecule has 6 nitrogen and oxygen atoms in total. The molecule has 3 fully saturated rings. The Labute approximate surface area is 181 Å². The summed E-state index contributed by atoms with van der Waals surface area (Å²) in [7, 11) is 0. The minimum Gasteiger partial charge on any atom is -0.461 e. The van der Waals surface area contributed by atoms with Crippen LogP contribution in [0.3, 0.4) is 0 Å². The van der Waals surface area contributed by atoms with Crippen LogP contribution in [0.5, 0.6) is 6.01 Å². The third kappa shape index (κ3) is 3.88. The topological polar surface area (TPSA) is 54.4 Å². The minimum absolute atomic E-state index is 0.107. The summed E-state index contributed by atoms with van der Waals surface area (Å²) in [5.74, 6) is -0.702. The van der Waals surface area contributed by atoms with E-state index in [4.69, 9.17) is 16.3 Å². The van der Waals surface area contributed by atoms with Crippen molar-refractivity contribution in [1.82, 2.24) is 19.9 Å². The fourth-order valence-corrected chi connectivity index (χ4v) is 5.01. The number of rotatable bonds is 7. The van der Waals surface area contributed by atoms with Crippen molar-refractivity contribution >= 4 is 28.3 Å². The van der Waals surface area contributed by atoms with Gasteiger partial charge in [0.05, 0.1) is 17.5 Å². The molecule has 31 heavy (non-hydrogen) atoms. The van der Waals surface area contributed by atoms with E-state index in [0.29, 0.717) is 13.0 Å². The number of nitrogens with zero attached hydrogens (tertiary/aromatic N) is 5. The molecular weight excluding hydrogens is 438 g/mol. The molecular formula is C20H22ClF4N5O. The molecule has 0 amide bonds. The van der Waals surface area contributed by atoms with Gasteiger partial charge in [-0.05, 0) is 32.2 Å². The zero-order chi connectivity index (χ0) is 21.8. The lowest BCUT2D eigenvalue weighted by Crippen LogP contribution is -2.43. The molecule has 11 heteroatoms. The van der Waals surface area contributed by atoms with Crippen molar-refractivity contribution < 1.29 is 22.3 Å². The van der Waals surface area contributed by atoms with Crippen LogP contribution in [0.25, 0.3) is 10.9 Å². The second-order valence-electron chi connectivity index (χ2n) is 8.59. The second kappa shape index (κ2) is 7.88. The molecule has 1 aliphatic carbocycles. The second-order valence-corrected chi connectivity index (χ2v) is 8.95. The predicted molar refractivity (Wildman–Crippen MR) is 107 cm³/mol. The summed E-state index contributed by atoms with van der Waals surface area (Å²) in [6.07, 6.45) is 1.36. The number of anilines is 1. The Balaban J connectivity index is 1.52. The van der Waals surface area contributed by atoms with Crippen molar-refractivity contribution in [3.05, 3.63) is 17.2 Å². The summed E-state index contributed by atoms with van der Waals surface area (Å²) in [6, 6.07) is -0.239. The molecule has 0 unspecified atom stereocenters. The van der Waals surface area contributed by atoms with Crippen molar-refractivity contribution in [3.63, 3.8) is 0 Å². The Morgan fingerprint density at radius 2 is 2.13 bits per heavy atom. The van der Waals surface area contributed by atoms with E-state index in [9.17, 15) is 17.6 Å². The van der Waals surface area contributed by atoms with Crippen LogP contribution in [-0.4, -0.2) is 70.3 Å². The Hall–Kier alpha value is -1.94. The van der Waals surface area contributed by atoms with Crippen LogP contribution < -0.4 is 9.64 Å². The lowest BCUT2D eigenvalue weighted by Gasteiger charge is -2.31. The number of pyridine rings is 1. The fourth-order valence-electron chi connectivity index (χ4n) is 4.87. The first-order valence-corrected chi connectivity index (χ1v) is 10.8. The molecule has 2 atom stereocenters. The molecule has 0 aromatic carbocycles. The molecule has 2 aliphatic heterocycles. The summed E-state index contributed by atoms with van der Waals surface area (Å²) in [4.78, 5) is 15.9. The maximum Gasteiger partial charge on any atom is 0.319 e. The number of ether oxygens (including phenoxy) is 1. The lowest BCUT2D eigenvalue weighted by atomic mass is 9.95. The van der Waals surface area contributed by atoms with Gasteiger partial charge in [-0.1, -0.05) is 11.6 Å². The van der Waals surface area contributed by atoms with Crippen LogP contribution in [0.15, 0.2) is 6.20 Å². The molecule has 0 radical (unpaired) electrons. The first kappa shape index (κ1) is 20.9. The number of fused-ring (bicyclic) bond motifs is 2. The largest absolute Gasteiger partial charge is 0.461 e. The quantitative estimate of drug-likeness (QED) is 0.461. The van der Waals surface area contributed by atoms with Crippen molar-refractivity contribution in [3.8, 4) is 6.01 Å². The number of halogens is 5. The molecule has 0 bridgehead atoms. The van der Waals surface area contributed by atoms with Crippen LogP contribution in [0.4, 0.5) is 23.4 Å². The van der Waals surface area contributed by atoms with Crippen molar-refractivity contribution in [2.45, 2.75) is 56.3 Å². The normalized spacial score (nSPS) is 26.1. The maximum atomic E-state index is 14.7. The first-order chi connectivity index (χ1) is 14.9. The monoisotopic (exact) mass is 459 g/mol. The molecule has 1 saturated carbocycles. The lowest BCUT2D eigenvalue weighted by molar-refractivity contribution is 0.107. The molecule has 3 aliphatic rings. The zero-order valence-electron chi connectivity index (χ0n) is 16.7. The van der Waals surface area contributed by atoms with Gasteiger partial charge in [-0.15, -0.1) is 0 Å². The van der Waals surface area contributed by atoms with Gasteiger partial charge in [0.15, 0.2) is 11.0 Å². The van der Waals surface area contributed by atoms with Gasteiger partial charge in [0.2, 0.25) is 0 Å². The third-order valence-corrected chi connectivity index (χ3v) is 6.69. The Bertz CT molecular complexity index is 994. The highest BCUT2D eigenvalue weighted by Crippen LogP contribution is 2.41. The highest BCUT2D eigenvalue weighted by molar-refractivity contribution is 6.30. The molecule has 4 heterocycles. The van der Waals surface area contributed by atoms with Gasteiger partial charge in [-0.2, -0.15) is 9.97 Å². The molecule has 2 aromatic rings. The van der Waals surface area contributed by atoms with Gasteiger partial charge in [0.25, 0.3) is 6.43 Å². The van der Waals surface area contributed by atoms with Crippen molar-refractivity contribution in [2.24, 2.45) is 0 Å². The summed E-state index contributed by atoms with van der Waals surface area (Å²) < 4.78 is 61.2. The average Bonchev–Trinajstić information content (AvgIpc) is 3.42. The van der Waals surface area contributed by atoms with Crippen LogP contribution >= 0.6 is 11.6 Å². The van der Waals surface area contributed by atoms with Crippen LogP contribution in [0, 0.1) is 5.82 Å². The van der Waals surface area contributed by atoms with Crippen LogP contribution in [-0.2, 0) is 0 Å². The summed E-state index contributed by atoms with van der Waals surface area (Å²) >= 11 is 5.83. The average molecular weight is 460 g/mol. The van der Waals surface area contributed by atoms with E-state index in [1.165, 1.54) is 11.1 Å². The molecule has 0 spiro atoms. The highest BCUT2D eigenvalue weighted by Gasteiger charge is 2.49. The van der Waals surface area contributed by atoms with Gasteiger partial charge in [-0.25, -0.2) is 22.5 Å². The van der Waals surface area contributed by atoms with Crippen molar-refractivity contribution in [1.29, 1.82) is 0 Å². The van der Waals surface area contributed by atoms with Gasteiger partial charge >= 0.3 is 6.01 Å². The van der Waals surface area contributed by atoms with E-state index in [0.717, 1.165) is 32.2 Å². The van der Waals surface area contributed by atoms with E-state index < -0.39 is 30.5 Å². The molecule has 5 rings (SSSR count).